The number of carbonyl (C=O) groups excluding carboxylic acids is 3. The zero-order chi connectivity index (χ0) is 21.6. The van der Waals surface area contributed by atoms with Crippen LogP contribution in [0, 0.1) is 0 Å². The van der Waals surface area contributed by atoms with E-state index in [2.05, 4.69) is 5.32 Å². The molecule has 30 heavy (non-hydrogen) atoms. The van der Waals surface area contributed by atoms with Gasteiger partial charge in [-0.1, -0.05) is 36.4 Å². The first-order valence-corrected chi connectivity index (χ1v) is 10.9. The molecule has 1 fully saturated rings. The second kappa shape index (κ2) is 9.64. The number of imide groups is 1. The van der Waals surface area contributed by atoms with Gasteiger partial charge in [0.1, 0.15) is 0 Å². The molecule has 0 aliphatic carbocycles. The fourth-order valence-corrected chi connectivity index (χ4v) is 4.66. The summed E-state index contributed by atoms with van der Waals surface area (Å²) in [6.45, 7) is 0.255. The Morgan fingerprint density at radius 1 is 0.933 bits per heavy atom. The van der Waals surface area contributed by atoms with Crippen molar-refractivity contribution in [3.63, 3.8) is 0 Å². The van der Waals surface area contributed by atoms with E-state index in [1.54, 1.807) is 24.3 Å². The lowest BCUT2D eigenvalue weighted by Crippen LogP contribution is -2.35. The van der Waals surface area contributed by atoms with Crippen LogP contribution in [-0.2, 0) is 30.8 Å². The summed E-state index contributed by atoms with van der Waals surface area (Å²) in [5.74, 6) is -2.12. The summed E-state index contributed by atoms with van der Waals surface area (Å²) in [6.07, 6.45) is 1.63. The van der Waals surface area contributed by atoms with Crippen LogP contribution >= 0.6 is 0 Å². The highest BCUT2D eigenvalue weighted by atomic mass is 32.2. The average Bonchev–Trinajstić information content (AvgIpc) is 3.28. The standard InChI is InChI=1S/C21H22N2O6S/c24-19(13-16-7-2-1-3-8-16)22-20(25)15-29-21(26)17-9-6-10-18(14-17)30(27,28)23-11-4-5-12-23/h1-3,6-10,14H,4-5,11-13,15H2,(H,22,24,25). The average molecular weight is 430 g/mol. The predicted octanol–water partition coefficient (Wildman–Crippen LogP) is 1.51. The first-order chi connectivity index (χ1) is 14.4. The van der Waals surface area contributed by atoms with Gasteiger partial charge in [-0.2, -0.15) is 4.31 Å². The van der Waals surface area contributed by atoms with Crippen molar-refractivity contribution in [2.75, 3.05) is 19.7 Å². The van der Waals surface area contributed by atoms with E-state index in [9.17, 15) is 22.8 Å². The van der Waals surface area contributed by atoms with Crippen molar-refractivity contribution >= 4 is 27.8 Å². The Balaban J connectivity index is 1.54. The van der Waals surface area contributed by atoms with Crippen molar-refractivity contribution in [3.8, 4) is 0 Å². The fourth-order valence-electron chi connectivity index (χ4n) is 3.09. The Kier molecular flexibility index (Phi) is 6.96. The molecule has 1 aliphatic rings. The van der Waals surface area contributed by atoms with E-state index in [0.29, 0.717) is 13.1 Å². The molecule has 8 nitrogen and oxygen atoms in total. The third-order valence-electron chi connectivity index (χ3n) is 4.59. The minimum Gasteiger partial charge on any atom is -0.452 e. The smallest absolute Gasteiger partial charge is 0.338 e. The maximum absolute atomic E-state index is 12.6. The molecule has 2 amide bonds. The monoisotopic (exact) mass is 430 g/mol. The van der Waals surface area contributed by atoms with Gasteiger partial charge in [0.25, 0.3) is 5.91 Å². The Morgan fingerprint density at radius 2 is 1.63 bits per heavy atom. The molecule has 0 aromatic heterocycles. The summed E-state index contributed by atoms with van der Waals surface area (Å²) >= 11 is 0. The van der Waals surface area contributed by atoms with Crippen molar-refractivity contribution < 1.29 is 27.5 Å². The number of nitrogens with zero attached hydrogens (tertiary/aromatic N) is 1. The lowest BCUT2D eigenvalue weighted by Gasteiger charge is -2.15. The normalized spacial score (nSPS) is 14.3. The van der Waals surface area contributed by atoms with Gasteiger partial charge in [0.05, 0.1) is 16.9 Å². The van der Waals surface area contributed by atoms with E-state index in [1.807, 2.05) is 6.07 Å². The van der Waals surface area contributed by atoms with Crippen molar-refractivity contribution in [2.45, 2.75) is 24.2 Å². The number of esters is 1. The minimum absolute atomic E-state index is 0.00124. The molecular formula is C21H22N2O6S. The molecule has 0 radical (unpaired) electrons. The molecule has 158 valence electrons. The van der Waals surface area contributed by atoms with Gasteiger partial charge < -0.3 is 4.74 Å². The Labute approximate surface area is 174 Å². The van der Waals surface area contributed by atoms with Gasteiger partial charge in [-0.15, -0.1) is 0 Å². The Bertz CT molecular complexity index is 1030. The quantitative estimate of drug-likeness (QED) is 0.667. The van der Waals surface area contributed by atoms with Gasteiger partial charge in [-0.05, 0) is 36.6 Å². The lowest BCUT2D eigenvalue weighted by atomic mass is 10.1. The number of ether oxygens (including phenoxy) is 1. The molecule has 0 atom stereocenters. The van der Waals surface area contributed by atoms with E-state index in [1.165, 1.54) is 28.6 Å². The number of carbonyl (C=O) groups is 3. The number of amides is 2. The van der Waals surface area contributed by atoms with Crippen LogP contribution in [0.3, 0.4) is 0 Å². The van der Waals surface area contributed by atoms with Crippen LogP contribution in [0.4, 0.5) is 0 Å². The number of rotatable bonds is 7. The molecule has 0 bridgehead atoms. The highest BCUT2D eigenvalue weighted by Gasteiger charge is 2.27. The van der Waals surface area contributed by atoms with Crippen LogP contribution in [-0.4, -0.2) is 50.2 Å². The Morgan fingerprint density at radius 3 is 2.33 bits per heavy atom. The largest absolute Gasteiger partial charge is 0.452 e. The SMILES string of the molecule is O=C(COC(=O)c1cccc(S(=O)(=O)N2CCCC2)c1)NC(=O)Cc1ccccc1. The molecule has 3 rings (SSSR count). The van der Waals surface area contributed by atoms with E-state index < -0.39 is 34.4 Å². The summed E-state index contributed by atoms with van der Waals surface area (Å²) in [5, 5.41) is 2.15. The van der Waals surface area contributed by atoms with Crippen molar-refractivity contribution in [1.29, 1.82) is 0 Å². The van der Waals surface area contributed by atoms with Crippen LogP contribution in [0.2, 0.25) is 0 Å². The van der Waals surface area contributed by atoms with Crippen LogP contribution in [0.5, 0.6) is 0 Å². The molecule has 0 spiro atoms. The first kappa shape index (κ1) is 21.7. The third-order valence-corrected chi connectivity index (χ3v) is 6.49. The molecule has 1 heterocycles. The van der Waals surface area contributed by atoms with E-state index in [4.69, 9.17) is 4.74 Å². The molecule has 0 saturated carbocycles. The summed E-state index contributed by atoms with van der Waals surface area (Å²) in [7, 11) is -3.67. The zero-order valence-electron chi connectivity index (χ0n) is 16.2. The Hall–Kier alpha value is -3.04. The molecule has 2 aromatic carbocycles. The summed E-state index contributed by atoms with van der Waals surface area (Å²) in [5.41, 5.74) is 0.759. The first-order valence-electron chi connectivity index (χ1n) is 9.50. The van der Waals surface area contributed by atoms with Gasteiger partial charge in [0, 0.05) is 13.1 Å². The molecule has 9 heteroatoms. The van der Waals surface area contributed by atoms with Crippen LogP contribution in [0.15, 0.2) is 59.5 Å². The topological polar surface area (TPSA) is 110 Å². The number of benzene rings is 2. The summed E-state index contributed by atoms with van der Waals surface area (Å²) in [4.78, 5) is 36.0. The molecule has 2 aromatic rings. The van der Waals surface area contributed by atoms with Crippen molar-refractivity contribution in [3.05, 3.63) is 65.7 Å². The molecule has 1 N–H and O–H groups in total. The molecule has 1 saturated heterocycles. The van der Waals surface area contributed by atoms with E-state index in [-0.39, 0.29) is 16.9 Å². The lowest BCUT2D eigenvalue weighted by molar-refractivity contribution is -0.132. The molecule has 1 aliphatic heterocycles. The second-order valence-electron chi connectivity index (χ2n) is 6.85. The molecular weight excluding hydrogens is 408 g/mol. The van der Waals surface area contributed by atoms with Gasteiger partial charge in [-0.3, -0.25) is 14.9 Å². The maximum Gasteiger partial charge on any atom is 0.338 e. The summed E-state index contributed by atoms with van der Waals surface area (Å²) < 4.78 is 31.5. The number of sulfonamides is 1. The van der Waals surface area contributed by atoms with Gasteiger partial charge in [0.15, 0.2) is 6.61 Å². The number of hydrogen-bond acceptors (Lipinski definition) is 6. The highest BCUT2D eigenvalue weighted by Crippen LogP contribution is 2.21. The fraction of sp³-hybridized carbons (Fsp3) is 0.286. The zero-order valence-corrected chi connectivity index (χ0v) is 17.1. The van der Waals surface area contributed by atoms with Crippen molar-refractivity contribution in [2.24, 2.45) is 0 Å². The van der Waals surface area contributed by atoms with Crippen LogP contribution in [0.25, 0.3) is 0 Å². The highest BCUT2D eigenvalue weighted by molar-refractivity contribution is 7.89. The van der Waals surface area contributed by atoms with E-state index >= 15 is 0 Å². The van der Waals surface area contributed by atoms with Gasteiger partial charge >= 0.3 is 5.97 Å². The van der Waals surface area contributed by atoms with Gasteiger partial charge in [0.2, 0.25) is 15.9 Å². The van der Waals surface area contributed by atoms with Crippen LogP contribution < -0.4 is 5.32 Å². The maximum atomic E-state index is 12.6. The second-order valence-corrected chi connectivity index (χ2v) is 8.79. The predicted molar refractivity (Wildman–Crippen MR) is 108 cm³/mol. The van der Waals surface area contributed by atoms with Crippen LogP contribution in [0.1, 0.15) is 28.8 Å². The third kappa shape index (κ3) is 5.52. The molecule has 0 unspecified atom stereocenters. The number of hydrogen-bond donors (Lipinski definition) is 1. The minimum atomic E-state index is -3.67. The summed E-state index contributed by atoms with van der Waals surface area (Å²) in [6, 6.07) is 14.4. The van der Waals surface area contributed by atoms with Crippen molar-refractivity contribution in [1.82, 2.24) is 9.62 Å². The van der Waals surface area contributed by atoms with Gasteiger partial charge in [-0.25, -0.2) is 13.2 Å². The number of nitrogens with one attached hydrogen (secondary N) is 1. The van der Waals surface area contributed by atoms with E-state index in [0.717, 1.165) is 18.4 Å².